The Bertz CT molecular complexity index is 449. The average molecular weight is 269 g/mol. The summed E-state index contributed by atoms with van der Waals surface area (Å²) in [6, 6.07) is 13.1. The number of hydrogen-bond acceptors (Lipinski definition) is 1. The van der Waals surface area contributed by atoms with Crippen LogP contribution in [0.2, 0.25) is 0 Å². The third kappa shape index (κ3) is 4.19. The summed E-state index contributed by atoms with van der Waals surface area (Å²) < 4.78 is 0. The van der Waals surface area contributed by atoms with Gasteiger partial charge in [0.1, 0.15) is 0 Å². The van der Waals surface area contributed by atoms with Gasteiger partial charge in [0.15, 0.2) is 0 Å². The second kappa shape index (κ2) is 7.84. The Morgan fingerprint density at radius 1 is 0.800 bits per heavy atom. The molecule has 0 aliphatic carbocycles. The van der Waals surface area contributed by atoms with Crippen LogP contribution in [0.5, 0.6) is 0 Å². The van der Waals surface area contributed by atoms with Crippen molar-refractivity contribution in [2.45, 2.75) is 47.5 Å². The van der Waals surface area contributed by atoms with Crippen LogP contribution < -0.4 is 0 Å². The molecule has 0 aliphatic heterocycles. The lowest BCUT2D eigenvalue weighted by Gasteiger charge is -2.21. The molecule has 1 atom stereocenters. The van der Waals surface area contributed by atoms with Gasteiger partial charge in [-0.3, -0.25) is 4.98 Å². The Hall–Kier alpha value is -1.63. The highest BCUT2D eigenvalue weighted by molar-refractivity contribution is 5.32. The Morgan fingerprint density at radius 3 is 1.80 bits per heavy atom. The topological polar surface area (TPSA) is 12.9 Å². The van der Waals surface area contributed by atoms with E-state index in [1.165, 1.54) is 22.4 Å². The summed E-state index contributed by atoms with van der Waals surface area (Å²) in [6.45, 7) is 12.7. The van der Waals surface area contributed by atoms with Crippen molar-refractivity contribution in [3.63, 3.8) is 0 Å². The second-order valence-corrected chi connectivity index (χ2v) is 5.39. The molecular formula is C19H27N. The highest BCUT2D eigenvalue weighted by atomic mass is 14.7. The molecule has 1 unspecified atom stereocenters. The Kier molecular flexibility index (Phi) is 6.44. The van der Waals surface area contributed by atoms with Crippen LogP contribution in [-0.2, 0) is 0 Å². The van der Waals surface area contributed by atoms with Crippen LogP contribution in [0.25, 0.3) is 0 Å². The molecule has 0 radical (unpaired) electrons. The predicted molar refractivity (Wildman–Crippen MR) is 88.2 cm³/mol. The summed E-state index contributed by atoms with van der Waals surface area (Å²) in [5.41, 5.74) is 5.04. The number of rotatable bonds is 3. The van der Waals surface area contributed by atoms with E-state index in [2.05, 4.69) is 69.1 Å². The third-order valence-corrected chi connectivity index (χ3v) is 3.36. The number of hydrogen-bond donors (Lipinski definition) is 0. The molecule has 1 heteroatoms. The zero-order valence-corrected chi connectivity index (χ0v) is 13.6. The third-order valence-electron chi connectivity index (χ3n) is 3.36. The lowest BCUT2D eigenvalue weighted by molar-refractivity contribution is 0.552. The smallest absolute Gasteiger partial charge is 0.0481 e. The van der Waals surface area contributed by atoms with Crippen molar-refractivity contribution in [2.24, 2.45) is 5.92 Å². The van der Waals surface area contributed by atoms with Crippen molar-refractivity contribution in [1.82, 2.24) is 4.98 Å². The molecule has 2 rings (SSSR count). The number of aryl methyl sites for hydroxylation is 2. The zero-order valence-electron chi connectivity index (χ0n) is 13.6. The van der Waals surface area contributed by atoms with Gasteiger partial charge in [0.25, 0.3) is 0 Å². The van der Waals surface area contributed by atoms with E-state index < -0.39 is 0 Å². The molecule has 0 N–H and O–H groups in total. The van der Waals surface area contributed by atoms with Crippen LogP contribution in [0.15, 0.2) is 42.6 Å². The molecule has 108 valence electrons. The van der Waals surface area contributed by atoms with Gasteiger partial charge >= 0.3 is 0 Å². The molecule has 1 nitrogen and oxygen atoms in total. The van der Waals surface area contributed by atoms with E-state index in [1.807, 2.05) is 20.0 Å². The molecule has 20 heavy (non-hydrogen) atoms. The second-order valence-electron chi connectivity index (χ2n) is 5.39. The van der Waals surface area contributed by atoms with Gasteiger partial charge < -0.3 is 0 Å². The van der Waals surface area contributed by atoms with Gasteiger partial charge in [-0.15, -0.1) is 0 Å². The maximum atomic E-state index is 4.60. The van der Waals surface area contributed by atoms with E-state index in [0.29, 0.717) is 11.8 Å². The first-order valence-corrected chi connectivity index (χ1v) is 7.57. The fraction of sp³-hybridized carbons (Fsp3) is 0.421. The van der Waals surface area contributed by atoms with Crippen LogP contribution in [-0.4, -0.2) is 4.98 Å². The molecule has 1 heterocycles. The minimum atomic E-state index is 0.381. The van der Waals surface area contributed by atoms with E-state index in [-0.39, 0.29) is 0 Å². The largest absolute Gasteiger partial charge is 0.260 e. The van der Waals surface area contributed by atoms with E-state index in [0.717, 1.165) is 0 Å². The summed E-state index contributed by atoms with van der Waals surface area (Å²) in [4.78, 5) is 4.60. The lowest BCUT2D eigenvalue weighted by atomic mass is 9.85. The van der Waals surface area contributed by atoms with Crippen molar-refractivity contribution in [1.29, 1.82) is 0 Å². The predicted octanol–water partition coefficient (Wildman–Crippen LogP) is 5.51. The molecule has 0 fully saturated rings. The van der Waals surface area contributed by atoms with Gasteiger partial charge in [-0.25, -0.2) is 0 Å². The van der Waals surface area contributed by atoms with E-state index >= 15 is 0 Å². The summed E-state index contributed by atoms with van der Waals surface area (Å²) in [6.07, 6.45) is 1.96. The number of aromatic nitrogens is 1. The maximum Gasteiger partial charge on any atom is 0.0481 e. The normalized spacial score (nSPS) is 11.8. The molecule has 0 spiro atoms. The molecule has 0 bridgehead atoms. The summed E-state index contributed by atoms with van der Waals surface area (Å²) in [5.74, 6) is 0.925. The van der Waals surface area contributed by atoms with Crippen molar-refractivity contribution >= 4 is 0 Å². The minimum Gasteiger partial charge on any atom is -0.260 e. The summed E-state index contributed by atoms with van der Waals surface area (Å²) >= 11 is 0. The number of nitrogens with zero attached hydrogens (tertiary/aromatic N) is 1. The molecule has 2 aromatic rings. The molecule has 1 aromatic carbocycles. The van der Waals surface area contributed by atoms with Crippen molar-refractivity contribution in [3.8, 4) is 0 Å². The first kappa shape index (κ1) is 16.4. The van der Waals surface area contributed by atoms with Gasteiger partial charge in [-0.05, 0) is 37.0 Å². The van der Waals surface area contributed by atoms with Gasteiger partial charge in [0.2, 0.25) is 0 Å². The highest BCUT2D eigenvalue weighted by Crippen LogP contribution is 2.30. The zero-order chi connectivity index (χ0) is 15.1. The standard InChI is InChI=1S/C17H21N.C2H6/c1-12(2)17(15-8-5-13(3)6-9-15)16-10-7-14(4)11-18-16;1-2/h5-12,17H,1-4H3;1-2H3. The summed E-state index contributed by atoms with van der Waals surface area (Å²) in [5, 5.41) is 0. The van der Waals surface area contributed by atoms with Gasteiger partial charge in [0.05, 0.1) is 0 Å². The molecule has 0 aliphatic rings. The molecule has 0 saturated heterocycles. The Labute approximate surface area is 124 Å². The Balaban J connectivity index is 0.000000956. The van der Waals surface area contributed by atoms with Gasteiger partial charge in [0, 0.05) is 17.8 Å². The summed E-state index contributed by atoms with van der Waals surface area (Å²) in [7, 11) is 0. The highest BCUT2D eigenvalue weighted by Gasteiger charge is 2.19. The molecule has 1 aromatic heterocycles. The van der Waals surface area contributed by atoms with Crippen LogP contribution in [0.4, 0.5) is 0 Å². The van der Waals surface area contributed by atoms with Gasteiger partial charge in [-0.1, -0.05) is 63.6 Å². The van der Waals surface area contributed by atoms with E-state index in [4.69, 9.17) is 0 Å². The number of benzene rings is 1. The first-order chi connectivity index (χ1) is 9.58. The number of pyridine rings is 1. The SMILES string of the molecule is CC.Cc1ccc(C(c2ccc(C)cn2)C(C)C)cc1. The molecular weight excluding hydrogens is 242 g/mol. The lowest BCUT2D eigenvalue weighted by Crippen LogP contribution is -2.10. The van der Waals surface area contributed by atoms with E-state index in [9.17, 15) is 0 Å². The average Bonchev–Trinajstić information content (AvgIpc) is 2.45. The van der Waals surface area contributed by atoms with Gasteiger partial charge in [-0.2, -0.15) is 0 Å². The maximum absolute atomic E-state index is 4.60. The van der Waals surface area contributed by atoms with Crippen LogP contribution in [0.3, 0.4) is 0 Å². The van der Waals surface area contributed by atoms with Crippen LogP contribution >= 0.6 is 0 Å². The van der Waals surface area contributed by atoms with E-state index in [1.54, 1.807) is 0 Å². The monoisotopic (exact) mass is 269 g/mol. The Morgan fingerprint density at radius 2 is 1.35 bits per heavy atom. The van der Waals surface area contributed by atoms with Crippen molar-refractivity contribution < 1.29 is 0 Å². The minimum absolute atomic E-state index is 0.381. The fourth-order valence-electron chi connectivity index (χ4n) is 2.33. The van der Waals surface area contributed by atoms with Crippen LogP contribution in [0.1, 0.15) is 56.0 Å². The quantitative estimate of drug-likeness (QED) is 0.715. The van der Waals surface area contributed by atoms with Crippen molar-refractivity contribution in [3.05, 3.63) is 65.0 Å². The first-order valence-electron chi connectivity index (χ1n) is 7.57. The van der Waals surface area contributed by atoms with Crippen molar-refractivity contribution in [2.75, 3.05) is 0 Å². The molecule has 0 amide bonds. The van der Waals surface area contributed by atoms with Crippen LogP contribution in [0, 0.1) is 19.8 Å². The molecule has 0 saturated carbocycles. The fourth-order valence-corrected chi connectivity index (χ4v) is 2.33.